The van der Waals surface area contributed by atoms with Crippen molar-refractivity contribution < 1.29 is 9.45 Å². The molecule has 0 bridgehead atoms. The fourth-order valence-corrected chi connectivity index (χ4v) is 2.60. The molecule has 1 aliphatic heterocycles. The SMILES string of the molecule is Cc1cc(CN2CCN(c3ncccc3[N+](=O)[O-])CC2)on1. The van der Waals surface area contributed by atoms with E-state index in [9.17, 15) is 10.1 Å². The third kappa shape index (κ3) is 3.06. The smallest absolute Gasteiger partial charge is 0.311 e. The number of anilines is 1. The molecule has 0 atom stereocenters. The zero-order valence-corrected chi connectivity index (χ0v) is 12.3. The monoisotopic (exact) mass is 303 g/mol. The predicted octanol–water partition coefficient (Wildman–Crippen LogP) is 1.61. The van der Waals surface area contributed by atoms with Crippen LogP contribution in [0.5, 0.6) is 0 Å². The quantitative estimate of drug-likeness (QED) is 0.626. The maximum atomic E-state index is 11.1. The van der Waals surface area contributed by atoms with E-state index in [0.29, 0.717) is 25.5 Å². The molecule has 2 aromatic rings. The van der Waals surface area contributed by atoms with Gasteiger partial charge in [0.2, 0.25) is 5.82 Å². The van der Waals surface area contributed by atoms with Crippen molar-refractivity contribution in [2.24, 2.45) is 0 Å². The van der Waals surface area contributed by atoms with Crippen LogP contribution in [0.1, 0.15) is 11.5 Å². The second-order valence-electron chi connectivity index (χ2n) is 5.30. The maximum Gasteiger partial charge on any atom is 0.311 e. The zero-order chi connectivity index (χ0) is 15.5. The Morgan fingerprint density at radius 3 is 2.77 bits per heavy atom. The molecule has 8 nitrogen and oxygen atoms in total. The molecule has 22 heavy (non-hydrogen) atoms. The zero-order valence-electron chi connectivity index (χ0n) is 12.3. The number of rotatable bonds is 4. The number of nitrogens with zero attached hydrogens (tertiary/aromatic N) is 5. The average Bonchev–Trinajstić information content (AvgIpc) is 2.93. The topological polar surface area (TPSA) is 88.5 Å². The highest BCUT2D eigenvalue weighted by atomic mass is 16.6. The molecule has 0 amide bonds. The molecule has 0 N–H and O–H groups in total. The third-order valence-electron chi connectivity index (χ3n) is 3.69. The van der Waals surface area contributed by atoms with E-state index in [4.69, 9.17) is 4.52 Å². The molecule has 0 radical (unpaired) electrons. The fraction of sp³-hybridized carbons (Fsp3) is 0.429. The highest BCUT2D eigenvalue weighted by molar-refractivity contribution is 5.57. The van der Waals surface area contributed by atoms with E-state index in [1.54, 1.807) is 12.3 Å². The second-order valence-corrected chi connectivity index (χ2v) is 5.30. The Labute approximate surface area is 127 Å². The minimum absolute atomic E-state index is 0.0572. The van der Waals surface area contributed by atoms with Crippen LogP contribution in [-0.4, -0.2) is 46.1 Å². The number of pyridine rings is 1. The van der Waals surface area contributed by atoms with Crippen molar-refractivity contribution in [3.05, 3.63) is 46.0 Å². The Hall–Kier alpha value is -2.48. The van der Waals surface area contributed by atoms with E-state index in [1.165, 1.54) is 6.07 Å². The van der Waals surface area contributed by atoms with E-state index in [-0.39, 0.29) is 10.6 Å². The molecular weight excluding hydrogens is 286 g/mol. The Kier molecular flexibility index (Phi) is 4.01. The summed E-state index contributed by atoms with van der Waals surface area (Å²) in [5.41, 5.74) is 0.930. The van der Waals surface area contributed by atoms with Crippen LogP contribution in [0.2, 0.25) is 0 Å². The van der Waals surface area contributed by atoms with Gasteiger partial charge in [0.25, 0.3) is 0 Å². The van der Waals surface area contributed by atoms with E-state index < -0.39 is 0 Å². The lowest BCUT2D eigenvalue weighted by Gasteiger charge is -2.34. The first-order valence-corrected chi connectivity index (χ1v) is 7.12. The molecule has 0 saturated carbocycles. The molecular formula is C14H17N5O3. The van der Waals surface area contributed by atoms with E-state index in [1.807, 2.05) is 17.9 Å². The molecule has 3 rings (SSSR count). The second kappa shape index (κ2) is 6.10. The lowest BCUT2D eigenvalue weighted by Crippen LogP contribution is -2.46. The Morgan fingerprint density at radius 1 is 1.36 bits per heavy atom. The molecule has 0 spiro atoms. The standard InChI is InChI=1S/C14H17N5O3/c1-11-9-12(22-16-11)10-17-5-7-18(8-6-17)14-13(19(20)21)3-2-4-15-14/h2-4,9H,5-8,10H2,1H3. The van der Waals surface area contributed by atoms with Crippen molar-refractivity contribution in [1.29, 1.82) is 0 Å². The summed E-state index contributed by atoms with van der Waals surface area (Å²) >= 11 is 0. The molecule has 116 valence electrons. The summed E-state index contributed by atoms with van der Waals surface area (Å²) in [7, 11) is 0. The van der Waals surface area contributed by atoms with E-state index in [2.05, 4.69) is 15.0 Å². The largest absolute Gasteiger partial charge is 0.360 e. The summed E-state index contributed by atoms with van der Waals surface area (Å²) < 4.78 is 5.22. The highest BCUT2D eigenvalue weighted by Crippen LogP contribution is 2.25. The van der Waals surface area contributed by atoms with Crippen LogP contribution in [0.25, 0.3) is 0 Å². The van der Waals surface area contributed by atoms with Crippen molar-refractivity contribution in [3.63, 3.8) is 0 Å². The Bertz CT molecular complexity index is 664. The molecule has 0 aliphatic carbocycles. The summed E-state index contributed by atoms with van der Waals surface area (Å²) in [4.78, 5) is 19.1. The molecule has 1 fully saturated rings. The van der Waals surface area contributed by atoms with Gasteiger partial charge in [-0.1, -0.05) is 5.16 Å². The van der Waals surface area contributed by atoms with Gasteiger partial charge >= 0.3 is 5.69 Å². The summed E-state index contributed by atoms with van der Waals surface area (Å²) in [6.45, 7) is 5.60. The van der Waals surface area contributed by atoms with Crippen LogP contribution in [-0.2, 0) is 6.54 Å². The minimum Gasteiger partial charge on any atom is -0.360 e. The van der Waals surface area contributed by atoms with E-state index >= 15 is 0 Å². The molecule has 2 aromatic heterocycles. The fourth-order valence-electron chi connectivity index (χ4n) is 2.60. The number of hydrogen-bond acceptors (Lipinski definition) is 7. The van der Waals surface area contributed by atoms with Gasteiger partial charge in [0, 0.05) is 44.5 Å². The molecule has 8 heteroatoms. The number of aryl methyl sites for hydroxylation is 1. The Balaban J connectivity index is 1.63. The van der Waals surface area contributed by atoms with Crippen molar-refractivity contribution in [3.8, 4) is 0 Å². The lowest BCUT2D eigenvalue weighted by molar-refractivity contribution is -0.384. The average molecular weight is 303 g/mol. The van der Waals surface area contributed by atoms with E-state index in [0.717, 1.165) is 24.5 Å². The van der Waals surface area contributed by atoms with Crippen LogP contribution >= 0.6 is 0 Å². The van der Waals surface area contributed by atoms with Crippen molar-refractivity contribution in [2.45, 2.75) is 13.5 Å². The van der Waals surface area contributed by atoms with Crippen molar-refractivity contribution in [2.75, 3.05) is 31.1 Å². The Morgan fingerprint density at radius 2 is 2.14 bits per heavy atom. The number of nitro groups is 1. The van der Waals surface area contributed by atoms with Crippen molar-refractivity contribution >= 4 is 11.5 Å². The van der Waals surface area contributed by atoms with Crippen molar-refractivity contribution in [1.82, 2.24) is 15.0 Å². The summed E-state index contributed by atoms with van der Waals surface area (Å²) in [6.07, 6.45) is 1.59. The first-order valence-electron chi connectivity index (χ1n) is 7.12. The molecule has 0 unspecified atom stereocenters. The van der Waals surface area contributed by atoms with Gasteiger partial charge in [0.05, 0.1) is 17.2 Å². The normalized spacial score (nSPS) is 16.0. The van der Waals surface area contributed by atoms with Gasteiger partial charge in [-0.15, -0.1) is 0 Å². The number of piperazine rings is 1. The summed E-state index contributed by atoms with van der Waals surface area (Å²) in [6, 6.07) is 5.01. The van der Waals surface area contributed by atoms with Crippen LogP contribution in [0.4, 0.5) is 11.5 Å². The molecule has 0 aromatic carbocycles. The lowest BCUT2D eigenvalue weighted by atomic mass is 10.2. The van der Waals surface area contributed by atoms with Crippen LogP contribution in [0.3, 0.4) is 0 Å². The highest BCUT2D eigenvalue weighted by Gasteiger charge is 2.25. The minimum atomic E-state index is -0.383. The van der Waals surface area contributed by atoms with Gasteiger partial charge in [-0.3, -0.25) is 15.0 Å². The van der Waals surface area contributed by atoms with Crippen LogP contribution in [0, 0.1) is 17.0 Å². The van der Waals surface area contributed by atoms with Gasteiger partial charge < -0.3 is 9.42 Å². The number of hydrogen-bond donors (Lipinski definition) is 0. The molecule has 1 aliphatic rings. The van der Waals surface area contributed by atoms with Gasteiger partial charge in [-0.05, 0) is 13.0 Å². The summed E-state index contributed by atoms with van der Waals surface area (Å²) in [5.74, 6) is 1.29. The maximum absolute atomic E-state index is 11.1. The van der Waals surface area contributed by atoms with Crippen LogP contribution in [0.15, 0.2) is 28.9 Å². The van der Waals surface area contributed by atoms with Gasteiger partial charge in [-0.2, -0.15) is 0 Å². The first-order chi connectivity index (χ1) is 10.6. The molecule has 1 saturated heterocycles. The molecule has 3 heterocycles. The van der Waals surface area contributed by atoms with Gasteiger partial charge in [0.1, 0.15) is 0 Å². The third-order valence-corrected chi connectivity index (χ3v) is 3.69. The van der Waals surface area contributed by atoms with Gasteiger partial charge in [-0.25, -0.2) is 4.98 Å². The first kappa shape index (κ1) is 14.5. The summed E-state index contributed by atoms with van der Waals surface area (Å²) in [5, 5.41) is 15.0. The van der Waals surface area contributed by atoms with Gasteiger partial charge in [0.15, 0.2) is 5.76 Å². The van der Waals surface area contributed by atoms with Crippen LogP contribution < -0.4 is 4.90 Å². The number of aromatic nitrogens is 2. The predicted molar refractivity (Wildman–Crippen MR) is 79.6 cm³/mol.